The summed E-state index contributed by atoms with van der Waals surface area (Å²) < 4.78 is 12.8. The predicted molar refractivity (Wildman–Crippen MR) is 103 cm³/mol. The molecule has 3 aromatic rings. The van der Waals surface area contributed by atoms with E-state index in [0.717, 1.165) is 16.3 Å². The number of carbonyl (C=O) groups is 2. The van der Waals surface area contributed by atoms with E-state index in [1.807, 2.05) is 17.5 Å². The van der Waals surface area contributed by atoms with Crippen molar-refractivity contribution in [3.05, 3.63) is 59.6 Å². The fourth-order valence-corrected chi connectivity index (χ4v) is 3.28. The third-order valence-electron chi connectivity index (χ3n) is 3.88. The molecule has 1 aromatic carbocycles. The van der Waals surface area contributed by atoms with Gasteiger partial charge in [0.15, 0.2) is 0 Å². The molecule has 27 heavy (non-hydrogen) atoms. The van der Waals surface area contributed by atoms with Gasteiger partial charge in [0, 0.05) is 37.2 Å². The molecule has 0 saturated heterocycles. The minimum absolute atomic E-state index is 0.0632. The molecule has 2 heterocycles. The SMILES string of the molecule is O=C(CCC(=O)Nc1ccc(F)cc1)NCCc1[nH]cnc1-c1cccs1. The molecule has 0 spiro atoms. The van der Waals surface area contributed by atoms with Crippen LogP contribution in [0.5, 0.6) is 0 Å². The molecule has 0 fully saturated rings. The summed E-state index contributed by atoms with van der Waals surface area (Å²) in [5, 5.41) is 7.43. The van der Waals surface area contributed by atoms with Gasteiger partial charge in [-0.3, -0.25) is 9.59 Å². The molecule has 3 rings (SSSR count). The maximum absolute atomic E-state index is 12.8. The van der Waals surface area contributed by atoms with Crippen molar-refractivity contribution < 1.29 is 14.0 Å². The average molecular weight is 386 g/mol. The second-order valence-corrected chi connectivity index (χ2v) is 6.81. The maximum atomic E-state index is 12.8. The predicted octanol–water partition coefficient (Wildman–Crippen LogP) is 3.35. The van der Waals surface area contributed by atoms with Crippen molar-refractivity contribution in [1.29, 1.82) is 0 Å². The smallest absolute Gasteiger partial charge is 0.224 e. The Morgan fingerprint density at radius 2 is 1.89 bits per heavy atom. The van der Waals surface area contributed by atoms with Crippen LogP contribution in [-0.2, 0) is 16.0 Å². The molecule has 140 valence electrons. The highest BCUT2D eigenvalue weighted by molar-refractivity contribution is 7.13. The summed E-state index contributed by atoms with van der Waals surface area (Å²) in [4.78, 5) is 32.3. The molecule has 3 N–H and O–H groups in total. The second kappa shape index (κ2) is 9.09. The maximum Gasteiger partial charge on any atom is 0.224 e. The van der Waals surface area contributed by atoms with Crippen LogP contribution in [0.3, 0.4) is 0 Å². The normalized spacial score (nSPS) is 10.6. The first-order valence-electron chi connectivity index (χ1n) is 8.50. The Morgan fingerprint density at radius 1 is 1.11 bits per heavy atom. The summed E-state index contributed by atoms with van der Waals surface area (Å²) in [5.74, 6) is -0.848. The van der Waals surface area contributed by atoms with Crippen molar-refractivity contribution in [3.8, 4) is 10.6 Å². The zero-order chi connectivity index (χ0) is 19.1. The van der Waals surface area contributed by atoms with Crippen molar-refractivity contribution in [1.82, 2.24) is 15.3 Å². The minimum Gasteiger partial charge on any atom is -0.356 e. The number of amides is 2. The Morgan fingerprint density at radius 3 is 2.63 bits per heavy atom. The van der Waals surface area contributed by atoms with Crippen LogP contribution in [0.4, 0.5) is 10.1 Å². The minimum atomic E-state index is -0.369. The molecule has 2 amide bonds. The van der Waals surface area contributed by atoms with Gasteiger partial charge in [0.25, 0.3) is 0 Å². The zero-order valence-electron chi connectivity index (χ0n) is 14.5. The van der Waals surface area contributed by atoms with E-state index in [2.05, 4.69) is 20.6 Å². The molecule has 0 aliphatic carbocycles. The van der Waals surface area contributed by atoms with Gasteiger partial charge in [0.2, 0.25) is 11.8 Å². The van der Waals surface area contributed by atoms with Crippen LogP contribution in [0.2, 0.25) is 0 Å². The van der Waals surface area contributed by atoms with Gasteiger partial charge in [-0.05, 0) is 35.7 Å². The van der Waals surface area contributed by atoms with Gasteiger partial charge in [-0.2, -0.15) is 0 Å². The molecule has 0 aliphatic heterocycles. The lowest BCUT2D eigenvalue weighted by molar-refractivity contribution is -0.124. The molecule has 0 atom stereocenters. The van der Waals surface area contributed by atoms with E-state index in [4.69, 9.17) is 0 Å². The lowest BCUT2D eigenvalue weighted by Gasteiger charge is -2.07. The molecule has 8 heteroatoms. The number of imidazole rings is 1. The number of hydrogen-bond donors (Lipinski definition) is 3. The highest BCUT2D eigenvalue weighted by atomic mass is 32.1. The number of thiophene rings is 1. The van der Waals surface area contributed by atoms with Gasteiger partial charge in [0.05, 0.1) is 11.2 Å². The fraction of sp³-hybridized carbons (Fsp3) is 0.211. The number of carbonyl (C=O) groups excluding carboxylic acids is 2. The van der Waals surface area contributed by atoms with Crippen LogP contribution in [-0.4, -0.2) is 28.3 Å². The van der Waals surface area contributed by atoms with Crippen LogP contribution in [0, 0.1) is 5.82 Å². The highest BCUT2D eigenvalue weighted by Crippen LogP contribution is 2.25. The van der Waals surface area contributed by atoms with E-state index in [1.54, 1.807) is 17.7 Å². The Bertz CT molecular complexity index is 891. The van der Waals surface area contributed by atoms with Crippen LogP contribution in [0.1, 0.15) is 18.5 Å². The van der Waals surface area contributed by atoms with Crippen molar-refractivity contribution in [2.75, 3.05) is 11.9 Å². The number of H-pyrrole nitrogens is 1. The number of halogens is 1. The molecule has 6 nitrogen and oxygen atoms in total. The van der Waals surface area contributed by atoms with Crippen LogP contribution in [0.15, 0.2) is 48.1 Å². The summed E-state index contributed by atoms with van der Waals surface area (Å²) in [6.45, 7) is 0.457. The van der Waals surface area contributed by atoms with Crippen LogP contribution < -0.4 is 10.6 Å². The third-order valence-corrected chi connectivity index (χ3v) is 4.75. The van der Waals surface area contributed by atoms with Crippen LogP contribution in [0.25, 0.3) is 10.6 Å². The van der Waals surface area contributed by atoms with E-state index in [1.165, 1.54) is 24.3 Å². The standard InChI is InChI=1S/C19H19FN4O2S/c20-13-3-5-14(6-4-13)24-18(26)8-7-17(25)21-10-9-15-19(23-12-22-15)16-2-1-11-27-16/h1-6,11-12H,7-10H2,(H,21,25)(H,22,23)(H,24,26). The second-order valence-electron chi connectivity index (χ2n) is 5.86. The third kappa shape index (κ3) is 5.49. The first kappa shape index (κ1) is 18.8. The molecule has 0 aliphatic rings. The fourth-order valence-electron chi connectivity index (χ4n) is 2.54. The molecule has 2 aromatic heterocycles. The van der Waals surface area contributed by atoms with Gasteiger partial charge >= 0.3 is 0 Å². The number of aromatic nitrogens is 2. The number of nitrogens with zero attached hydrogens (tertiary/aromatic N) is 1. The Hall–Kier alpha value is -3.00. The highest BCUT2D eigenvalue weighted by Gasteiger charge is 2.11. The Labute approximate surface area is 159 Å². The van der Waals surface area contributed by atoms with E-state index in [-0.39, 0.29) is 30.5 Å². The molecular formula is C19H19FN4O2S. The average Bonchev–Trinajstić information content (AvgIpc) is 3.33. The van der Waals surface area contributed by atoms with Crippen molar-refractivity contribution in [3.63, 3.8) is 0 Å². The summed E-state index contributed by atoms with van der Waals surface area (Å²) in [6.07, 6.45) is 2.42. The summed E-state index contributed by atoms with van der Waals surface area (Å²) >= 11 is 1.61. The van der Waals surface area contributed by atoms with Crippen molar-refractivity contribution in [2.45, 2.75) is 19.3 Å². The molecule has 0 unspecified atom stereocenters. The first-order valence-corrected chi connectivity index (χ1v) is 9.38. The van der Waals surface area contributed by atoms with E-state index < -0.39 is 0 Å². The number of benzene rings is 1. The lowest BCUT2D eigenvalue weighted by Crippen LogP contribution is -2.27. The first-order chi connectivity index (χ1) is 13.1. The van der Waals surface area contributed by atoms with Gasteiger partial charge < -0.3 is 15.6 Å². The molecule has 0 saturated carbocycles. The summed E-state index contributed by atoms with van der Waals surface area (Å²) in [5.41, 5.74) is 2.37. The number of aromatic amines is 1. The van der Waals surface area contributed by atoms with Gasteiger partial charge in [-0.15, -0.1) is 11.3 Å². The summed E-state index contributed by atoms with van der Waals surface area (Å²) in [6, 6.07) is 9.45. The molecule has 0 radical (unpaired) electrons. The van der Waals surface area contributed by atoms with Gasteiger partial charge in [-0.1, -0.05) is 6.07 Å². The van der Waals surface area contributed by atoms with E-state index in [0.29, 0.717) is 18.7 Å². The van der Waals surface area contributed by atoms with E-state index in [9.17, 15) is 14.0 Å². The van der Waals surface area contributed by atoms with E-state index >= 15 is 0 Å². The topological polar surface area (TPSA) is 86.9 Å². The van der Waals surface area contributed by atoms with Crippen LogP contribution >= 0.6 is 11.3 Å². The van der Waals surface area contributed by atoms with Crippen molar-refractivity contribution >= 4 is 28.8 Å². The largest absolute Gasteiger partial charge is 0.356 e. The Kier molecular flexibility index (Phi) is 6.32. The molecule has 0 bridgehead atoms. The number of nitrogens with one attached hydrogen (secondary N) is 3. The number of anilines is 1. The monoisotopic (exact) mass is 386 g/mol. The quantitative estimate of drug-likeness (QED) is 0.555. The summed E-state index contributed by atoms with van der Waals surface area (Å²) in [7, 11) is 0. The van der Waals surface area contributed by atoms with Gasteiger partial charge in [0.1, 0.15) is 11.5 Å². The van der Waals surface area contributed by atoms with Gasteiger partial charge in [-0.25, -0.2) is 9.37 Å². The Balaban J connectivity index is 1.38. The number of rotatable bonds is 8. The molecular weight excluding hydrogens is 367 g/mol. The lowest BCUT2D eigenvalue weighted by atomic mass is 10.2. The number of hydrogen-bond acceptors (Lipinski definition) is 4. The van der Waals surface area contributed by atoms with Crippen molar-refractivity contribution in [2.24, 2.45) is 0 Å². The zero-order valence-corrected chi connectivity index (χ0v) is 15.3.